The van der Waals surface area contributed by atoms with E-state index in [2.05, 4.69) is 0 Å². The summed E-state index contributed by atoms with van der Waals surface area (Å²) in [4.78, 5) is 30.1. The summed E-state index contributed by atoms with van der Waals surface area (Å²) in [6.45, 7) is 7.35. The smallest absolute Gasteiger partial charge is 0.228 e. The molecule has 5 nitrogen and oxygen atoms in total. The third-order valence-electron chi connectivity index (χ3n) is 5.76. The predicted octanol–water partition coefficient (Wildman–Crippen LogP) is 4.36. The highest BCUT2D eigenvalue weighted by Crippen LogP contribution is 2.41. The zero-order valence-electron chi connectivity index (χ0n) is 17.7. The van der Waals surface area contributed by atoms with Crippen molar-refractivity contribution in [3.8, 4) is 5.75 Å². The summed E-state index contributed by atoms with van der Waals surface area (Å²) in [6, 6.07) is 15.3. The second-order valence-electron chi connectivity index (χ2n) is 7.47. The normalized spacial score (nSPS) is 19.2. The number of nitrogens with zero attached hydrogens (tertiary/aromatic N) is 2. The molecule has 0 N–H and O–H groups in total. The first kappa shape index (κ1) is 20.9. The van der Waals surface area contributed by atoms with E-state index in [1.165, 1.54) is 0 Å². The van der Waals surface area contributed by atoms with Crippen molar-refractivity contribution in [2.75, 3.05) is 25.1 Å². The molecule has 0 aromatic heterocycles. The van der Waals surface area contributed by atoms with Gasteiger partial charge in [0.25, 0.3) is 0 Å². The van der Waals surface area contributed by atoms with Crippen molar-refractivity contribution in [2.45, 2.75) is 39.7 Å². The van der Waals surface area contributed by atoms with Crippen molar-refractivity contribution in [3.63, 3.8) is 0 Å². The third-order valence-corrected chi connectivity index (χ3v) is 5.76. The third kappa shape index (κ3) is 4.29. The van der Waals surface area contributed by atoms with E-state index in [9.17, 15) is 9.59 Å². The maximum atomic E-state index is 13.4. The van der Waals surface area contributed by atoms with Gasteiger partial charge in [-0.25, -0.2) is 0 Å². The van der Waals surface area contributed by atoms with Gasteiger partial charge in [0, 0.05) is 25.2 Å². The number of carbonyl (C=O) groups is 2. The molecule has 2 aromatic carbocycles. The van der Waals surface area contributed by atoms with Crippen molar-refractivity contribution in [2.24, 2.45) is 5.92 Å². The van der Waals surface area contributed by atoms with Crippen molar-refractivity contribution < 1.29 is 14.3 Å². The van der Waals surface area contributed by atoms with Crippen LogP contribution in [0.15, 0.2) is 48.5 Å². The molecule has 0 aliphatic carbocycles. The van der Waals surface area contributed by atoms with Gasteiger partial charge >= 0.3 is 0 Å². The lowest BCUT2D eigenvalue weighted by Crippen LogP contribution is -2.49. The summed E-state index contributed by atoms with van der Waals surface area (Å²) in [5, 5.41) is 0. The number of benzene rings is 2. The van der Waals surface area contributed by atoms with Crippen LogP contribution in [0.2, 0.25) is 0 Å². The monoisotopic (exact) mass is 394 g/mol. The molecule has 2 atom stereocenters. The molecule has 154 valence electrons. The Bertz CT molecular complexity index is 841. The van der Waals surface area contributed by atoms with Crippen LogP contribution in [0.1, 0.15) is 43.9 Å². The average molecular weight is 395 g/mol. The summed E-state index contributed by atoms with van der Waals surface area (Å²) in [7, 11) is 1.63. The number of rotatable bonds is 6. The molecule has 29 heavy (non-hydrogen) atoms. The van der Waals surface area contributed by atoms with E-state index in [0.29, 0.717) is 25.9 Å². The Balaban J connectivity index is 2.08. The van der Waals surface area contributed by atoms with Gasteiger partial charge in [-0.05, 0) is 57.0 Å². The standard InChI is InChI=1S/C24H30N2O3/c1-5-25(6-2)24(28)21-15-16-22(27)26(19-11-7-17(3)8-12-19)23(21)18-9-13-20(29-4)14-10-18/h7-14,21,23H,5-6,15-16H2,1-4H3. The quantitative estimate of drug-likeness (QED) is 0.732. The SMILES string of the molecule is CCN(CC)C(=O)C1CCC(=O)N(c2ccc(C)cc2)C1c1ccc(OC)cc1. The van der Waals surface area contributed by atoms with Gasteiger partial charge < -0.3 is 14.5 Å². The highest BCUT2D eigenvalue weighted by molar-refractivity contribution is 5.97. The molecule has 5 heteroatoms. The fraction of sp³-hybridized carbons (Fsp3) is 0.417. The minimum absolute atomic E-state index is 0.0540. The van der Waals surface area contributed by atoms with Gasteiger partial charge in [-0.15, -0.1) is 0 Å². The number of hydrogen-bond acceptors (Lipinski definition) is 3. The number of aryl methyl sites for hydroxylation is 1. The second-order valence-corrected chi connectivity index (χ2v) is 7.47. The molecule has 2 aromatic rings. The van der Waals surface area contributed by atoms with E-state index >= 15 is 0 Å². The van der Waals surface area contributed by atoms with Gasteiger partial charge in [0.05, 0.1) is 19.1 Å². The van der Waals surface area contributed by atoms with Gasteiger partial charge in [0.15, 0.2) is 0 Å². The molecule has 0 radical (unpaired) electrons. The molecule has 0 bridgehead atoms. The van der Waals surface area contributed by atoms with Crippen molar-refractivity contribution in [1.82, 2.24) is 4.90 Å². The fourth-order valence-corrected chi connectivity index (χ4v) is 4.11. The maximum absolute atomic E-state index is 13.4. The number of ether oxygens (including phenoxy) is 1. The zero-order chi connectivity index (χ0) is 21.0. The maximum Gasteiger partial charge on any atom is 0.228 e. The molecule has 1 aliphatic rings. The van der Waals surface area contributed by atoms with Gasteiger partial charge in [-0.3, -0.25) is 9.59 Å². The highest BCUT2D eigenvalue weighted by atomic mass is 16.5. The van der Waals surface area contributed by atoms with Crippen LogP contribution in [0.3, 0.4) is 0 Å². The molecule has 0 saturated carbocycles. The molecule has 1 saturated heterocycles. The lowest BCUT2D eigenvalue weighted by atomic mass is 9.82. The van der Waals surface area contributed by atoms with E-state index in [-0.39, 0.29) is 23.8 Å². The fourth-order valence-electron chi connectivity index (χ4n) is 4.11. The minimum atomic E-state index is -0.335. The van der Waals surface area contributed by atoms with Crippen LogP contribution >= 0.6 is 0 Å². The number of anilines is 1. The van der Waals surface area contributed by atoms with Crippen LogP contribution in [-0.2, 0) is 9.59 Å². The Morgan fingerprint density at radius 3 is 2.24 bits per heavy atom. The molecule has 1 fully saturated rings. The molecule has 1 aliphatic heterocycles. The molecule has 3 rings (SSSR count). The molecule has 2 amide bonds. The Morgan fingerprint density at radius 2 is 1.69 bits per heavy atom. The van der Waals surface area contributed by atoms with Crippen molar-refractivity contribution in [3.05, 3.63) is 59.7 Å². The topological polar surface area (TPSA) is 49.9 Å². The number of hydrogen-bond donors (Lipinski definition) is 0. The van der Waals surface area contributed by atoms with Gasteiger partial charge in [-0.1, -0.05) is 29.8 Å². The van der Waals surface area contributed by atoms with Crippen molar-refractivity contribution >= 4 is 17.5 Å². The second kappa shape index (κ2) is 9.12. The van der Waals surface area contributed by atoms with Gasteiger partial charge in [0.1, 0.15) is 5.75 Å². The molecule has 2 unspecified atom stereocenters. The van der Waals surface area contributed by atoms with Crippen LogP contribution in [0.5, 0.6) is 5.75 Å². The summed E-state index contributed by atoms with van der Waals surface area (Å²) in [5.74, 6) is 0.644. The Morgan fingerprint density at radius 1 is 1.07 bits per heavy atom. The van der Waals surface area contributed by atoms with E-state index in [1.807, 2.05) is 79.1 Å². The molecular formula is C24H30N2O3. The first-order chi connectivity index (χ1) is 14.0. The highest BCUT2D eigenvalue weighted by Gasteiger charge is 2.42. The predicted molar refractivity (Wildman–Crippen MR) is 115 cm³/mol. The average Bonchev–Trinajstić information content (AvgIpc) is 2.75. The van der Waals surface area contributed by atoms with Crippen LogP contribution in [0.25, 0.3) is 0 Å². The molecular weight excluding hydrogens is 364 g/mol. The Kier molecular flexibility index (Phi) is 6.57. The minimum Gasteiger partial charge on any atom is -0.497 e. The van der Waals surface area contributed by atoms with Gasteiger partial charge in [-0.2, -0.15) is 0 Å². The van der Waals surface area contributed by atoms with E-state index in [4.69, 9.17) is 4.74 Å². The Hall–Kier alpha value is -2.82. The largest absolute Gasteiger partial charge is 0.497 e. The lowest BCUT2D eigenvalue weighted by Gasteiger charge is -2.42. The van der Waals surface area contributed by atoms with Crippen molar-refractivity contribution in [1.29, 1.82) is 0 Å². The molecule has 0 spiro atoms. The lowest BCUT2D eigenvalue weighted by molar-refractivity contribution is -0.138. The number of carbonyl (C=O) groups excluding carboxylic acids is 2. The van der Waals surface area contributed by atoms with Gasteiger partial charge in [0.2, 0.25) is 11.8 Å². The zero-order valence-corrected chi connectivity index (χ0v) is 17.7. The Labute approximate surface area is 173 Å². The van der Waals surface area contributed by atoms with E-state index < -0.39 is 0 Å². The van der Waals surface area contributed by atoms with Crippen LogP contribution < -0.4 is 9.64 Å². The van der Waals surface area contributed by atoms with Crippen LogP contribution in [0.4, 0.5) is 5.69 Å². The molecule has 1 heterocycles. The first-order valence-corrected chi connectivity index (χ1v) is 10.3. The van der Waals surface area contributed by atoms with E-state index in [1.54, 1.807) is 7.11 Å². The number of amides is 2. The summed E-state index contributed by atoms with van der Waals surface area (Å²) in [5.41, 5.74) is 2.92. The van der Waals surface area contributed by atoms with E-state index in [0.717, 1.165) is 22.6 Å². The summed E-state index contributed by atoms with van der Waals surface area (Å²) in [6.07, 6.45) is 0.936. The van der Waals surface area contributed by atoms with Crippen LogP contribution in [0, 0.1) is 12.8 Å². The van der Waals surface area contributed by atoms with Crippen LogP contribution in [-0.4, -0.2) is 36.9 Å². The number of methoxy groups -OCH3 is 1. The summed E-state index contributed by atoms with van der Waals surface area (Å²) >= 11 is 0. The summed E-state index contributed by atoms with van der Waals surface area (Å²) < 4.78 is 5.29. The first-order valence-electron chi connectivity index (χ1n) is 10.3. The number of piperidine rings is 1.